The van der Waals surface area contributed by atoms with E-state index >= 15 is 0 Å². The molecule has 2 rings (SSSR count). The fourth-order valence-electron chi connectivity index (χ4n) is 1.89. The number of rotatable bonds is 4. The number of anilines is 1. The van der Waals surface area contributed by atoms with Gasteiger partial charge < -0.3 is 10.4 Å². The largest absolute Gasteiger partial charge is 0.478 e. The Morgan fingerprint density at radius 3 is 2.43 bits per heavy atom. The molecule has 2 aromatic rings. The summed E-state index contributed by atoms with van der Waals surface area (Å²) in [6.07, 6.45) is 0. The van der Waals surface area contributed by atoms with E-state index in [-0.39, 0.29) is 17.4 Å². The molecule has 0 spiro atoms. The van der Waals surface area contributed by atoms with Crippen LogP contribution in [0.5, 0.6) is 0 Å². The fourth-order valence-corrected chi connectivity index (χ4v) is 2.05. The molecule has 1 atom stereocenters. The topological polar surface area (TPSA) is 66.4 Å². The van der Waals surface area contributed by atoms with E-state index in [0.717, 1.165) is 5.56 Å². The van der Waals surface area contributed by atoms with E-state index in [2.05, 4.69) is 5.32 Å². The number of amides is 1. The number of nitrogens with one attached hydrogen (secondary N) is 1. The molecular weight excluding hydrogens is 290 g/mol. The highest BCUT2D eigenvalue weighted by atomic mass is 35.5. The first-order valence-electron chi connectivity index (χ1n) is 6.37. The monoisotopic (exact) mass is 303 g/mol. The number of benzene rings is 2. The van der Waals surface area contributed by atoms with Crippen molar-refractivity contribution in [3.63, 3.8) is 0 Å². The molecule has 21 heavy (non-hydrogen) atoms. The second kappa shape index (κ2) is 6.41. The van der Waals surface area contributed by atoms with Gasteiger partial charge in [-0.05, 0) is 30.7 Å². The number of aromatic carboxylic acids is 1. The maximum atomic E-state index is 12.2. The lowest BCUT2D eigenvalue weighted by Gasteiger charge is -2.13. The van der Waals surface area contributed by atoms with Gasteiger partial charge >= 0.3 is 5.97 Å². The standard InChI is InChI=1S/C16H14ClNO3/c1-10(11-5-3-2-4-6-11)15(19)18-14-9-12(16(20)21)7-8-13(14)17/h2-10H,1H3,(H,18,19)(H,20,21). The Balaban J connectivity index is 2.20. The third-order valence-corrected chi connectivity index (χ3v) is 3.49. The Hall–Kier alpha value is -2.33. The van der Waals surface area contributed by atoms with Crippen molar-refractivity contribution >= 4 is 29.2 Å². The van der Waals surface area contributed by atoms with E-state index in [1.54, 1.807) is 6.92 Å². The van der Waals surface area contributed by atoms with Crippen molar-refractivity contribution in [1.82, 2.24) is 0 Å². The molecule has 5 heteroatoms. The first-order valence-corrected chi connectivity index (χ1v) is 6.75. The Labute approximate surface area is 127 Å². The molecule has 0 aromatic heterocycles. The number of halogens is 1. The average Bonchev–Trinajstić information content (AvgIpc) is 2.49. The van der Waals surface area contributed by atoms with Gasteiger partial charge in [0.2, 0.25) is 5.91 Å². The van der Waals surface area contributed by atoms with Gasteiger partial charge in [-0.15, -0.1) is 0 Å². The number of carboxylic acids is 1. The van der Waals surface area contributed by atoms with Crippen LogP contribution in [0.2, 0.25) is 5.02 Å². The zero-order valence-electron chi connectivity index (χ0n) is 11.3. The molecule has 2 N–H and O–H groups in total. The predicted molar refractivity (Wildman–Crippen MR) is 81.9 cm³/mol. The molecule has 0 aliphatic heterocycles. The fraction of sp³-hybridized carbons (Fsp3) is 0.125. The smallest absolute Gasteiger partial charge is 0.335 e. The summed E-state index contributed by atoms with van der Waals surface area (Å²) in [6.45, 7) is 1.78. The number of hydrogen-bond donors (Lipinski definition) is 2. The molecule has 4 nitrogen and oxygen atoms in total. The third-order valence-electron chi connectivity index (χ3n) is 3.16. The van der Waals surface area contributed by atoms with E-state index in [1.165, 1.54) is 18.2 Å². The van der Waals surface area contributed by atoms with E-state index in [4.69, 9.17) is 16.7 Å². The lowest BCUT2D eigenvalue weighted by Crippen LogP contribution is -2.19. The summed E-state index contributed by atoms with van der Waals surface area (Å²) in [4.78, 5) is 23.2. The summed E-state index contributed by atoms with van der Waals surface area (Å²) in [5.74, 6) is -1.68. The Kier molecular flexibility index (Phi) is 4.60. The predicted octanol–water partition coefficient (Wildman–Crippen LogP) is 3.78. The Bertz CT molecular complexity index is 670. The summed E-state index contributed by atoms with van der Waals surface area (Å²) in [5.41, 5.74) is 1.24. The van der Waals surface area contributed by atoms with Crippen LogP contribution in [0.4, 0.5) is 5.69 Å². The van der Waals surface area contributed by atoms with Crippen LogP contribution >= 0.6 is 11.6 Å². The third kappa shape index (κ3) is 3.61. The normalized spacial score (nSPS) is 11.7. The quantitative estimate of drug-likeness (QED) is 0.903. The summed E-state index contributed by atoms with van der Waals surface area (Å²) in [5, 5.41) is 11.9. The molecule has 0 saturated heterocycles. The summed E-state index contributed by atoms with van der Waals surface area (Å²) >= 11 is 5.99. The highest BCUT2D eigenvalue weighted by molar-refractivity contribution is 6.33. The number of hydrogen-bond acceptors (Lipinski definition) is 2. The molecule has 0 bridgehead atoms. The van der Waals surface area contributed by atoms with Crippen LogP contribution in [-0.2, 0) is 4.79 Å². The highest BCUT2D eigenvalue weighted by Gasteiger charge is 2.17. The van der Waals surface area contributed by atoms with Gasteiger partial charge in [0.25, 0.3) is 0 Å². The van der Waals surface area contributed by atoms with Crippen molar-refractivity contribution < 1.29 is 14.7 Å². The molecule has 0 heterocycles. The van der Waals surface area contributed by atoms with Gasteiger partial charge in [-0.2, -0.15) is 0 Å². The van der Waals surface area contributed by atoms with Crippen LogP contribution in [0.3, 0.4) is 0 Å². The molecule has 0 aliphatic rings. The summed E-state index contributed by atoms with van der Waals surface area (Å²) < 4.78 is 0. The van der Waals surface area contributed by atoms with Gasteiger partial charge in [0.15, 0.2) is 0 Å². The van der Waals surface area contributed by atoms with Crippen molar-refractivity contribution in [2.24, 2.45) is 0 Å². The first kappa shape index (κ1) is 15.1. The van der Waals surface area contributed by atoms with Crippen molar-refractivity contribution in [2.45, 2.75) is 12.8 Å². The number of carboxylic acid groups (broad SMARTS) is 1. The second-order valence-electron chi connectivity index (χ2n) is 4.62. The molecule has 0 aliphatic carbocycles. The molecular formula is C16H14ClNO3. The van der Waals surface area contributed by atoms with Crippen LogP contribution < -0.4 is 5.32 Å². The number of carbonyl (C=O) groups excluding carboxylic acids is 1. The lowest BCUT2D eigenvalue weighted by atomic mass is 10.0. The van der Waals surface area contributed by atoms with E-state index in [1.807, 2.05) is 30.3 Å². The maximum Gasteiger partial charge on any atom is 0.335 e. The Morgan fingerprint density at radius 1 is 1.14 bits per heavy atom. The van der Waals surface area contributed by atoms with Crippen molar-refractivity contribution in [3.05, 3.63) is 64.7 Å². The molecule has 2 aromatic carbocycles. The molecule has 0 saturated carbocycles. The second-order valence-corrected chi connectivity index (χ2v) is 5.03. The lowest BCUT2D eigenvalue weighted by molar-refractivity contribution is -0.117. The van der Waals surface area contributed by atoms with Crippen molar-refractivity contribution in [1.29, 1.82) is 0 Å². The summed E-state index contributed by atoms with van der Waals surface area (Å²) in [6, 6.07) is 13.5. The number of carbonyl (C=O) groups is 2. The molecule has 0 fully saturated rings. The van der Waals surface area contributed by atoms with E-state index in [0.29, 0.717) is 10.7 Å². The van der Waals surface area contributed by atoms with E-state index < -0.39 is 5.97 Å². The van der Waals surface area contributed by atoms with Crippen molar-refractivity contribution in [3.8, 4) is 0 Å². The van der Waals surface area contributed by atoms with Gasteiger partial charge in [-0.25, -0.2) is 4.79 Å². The van der Waals surface area contributed by atoms with Gasteiger partial charge in [-0.3, -0.25) is 4.79 Å². The van der Waals surface area contributed by atoms with Gasteiger partial charge in [0, 0.05) is 0 Å². The van der Waals surface area contributed by atoms with Crippen LogP contribution in [0, 0.1) is 0 Å². The Morgan fingerprint density at radius 2 is 1.81 bits per heavy atom. The van der Waals surface area contributed by atoms with Crippen LogP contribution in [0.15, 0.2) is 48.5 Å². The average molecular weight is 304 g/mol. The molecule has 1 amide bonds. The van der Waals surface area contributed by atoms with Crippen LogP contribution in [0.25, 0.3) is 0 Å². The SMILES string of the molecule is CC(C(=O)Nc1cc(C(=O)O)ccc1Cl)c1ccccc1. The minimum atomic E-state index is -1.07. The minimum absolute atomic E-state index is 0.0714. The van der Waals surface area contributed by atoms with E-state index in [9.17, 15) is 9.59 Å². The molecule has 108 valence electrons. The molecule has 0 radical (unpaired) electrons. The van der Waals surface area contributed by atoms with Crippen LogP contribution in [-0.4, -0.2) is 17.0 Å². The summed E-state index contributed by atoms with van der Waals surface area (Å²) in [7, 11) is 0. The zero-order valence-corrected chi connectivity index (χ0v) is 12.1. The molecule has 1 unspecified atom stereocenters. The van der Waals surface area contributed by atoms with Gasteiger partial charge in [-0.1, -0.05) is 41.9 Å². The van der Waals surface area contributed by atoms with Crippen LogP contribution in [0.1, 0.15) is 28.8 Å². The van der Waals surface area contributed by atoms with Crippen molar-refractivity contribution in [2.75, 3.05) is 5.32 Å². The minimum Gasteiger partial charge on any atom is -0.478 e. The highest BCUT2D eigenvalue weighted by Crippen LogP contribution is 2.25. The maximum absolute atomic E-state index is 12.2. The van der Waals surface area contributed by atoms with Gasteiger partial charge in [0.1, 0.15) is 0 Å². The first-order chi connectivity index (χ1) is 9.99. The van der Waals surface area contributed by atoms with Gasteiger partial charge in [0.05, 0.1) is 22.2 Å². The zero-order chi connectivity index (χ0) is 15.4.